The van der Waals surface area contributed by atoms with E-state index >= 15 is 0 Å². The van der Waals surface area contributed by atoms with Crippen LogP contribution >= 0.6 is 0 Å². The number of carboxylic acids is 1. The largest absolute Gasteiger partial charge is 0.481 e. The average molecular weight is 323 g/mol. The Bertz CT molecular complexity index is 1000. The highest BCUT2D eigenvalue weighted by Gasteiger charge is 2.12. The Kier molecular flexibility index (Phi) is 3.87. The van der Waals surface area contributed by atoms with Crippen LogP contribution in [0.2, 0.25) is 0 Å². The number of hydrogen-bond donors (Lipinski definition) is 2. The van der Waals surface area contributed by atoms with E-state index in [-0.39, 0.29) is 17.4 Å². The zero-order valence-electron chi connectivity index (χ0n) is 12.5. The van der Waals surface area contributed by atoms with Gasteiger partial charge in [-0.25, -0.2) is 0 Å². The van der Waals surface area contributed by atoms with E-state index in [2.05, 4.69) is 0 Å². The van der Waals surface area contributed by atoms with Gasteiger partial charge in [-0.3, -0.25) is 14.4 Å². The minimum absolute atomic E-state index is 0.246. The normalized spacial score (nSPS) is 10.7. The number of carboxylic acid groups (broad SMARTS) is 1. The molecule has 0 aliphatic rings. The maximum absolute atomic E-state index is 12.3. The minimum atomic E-state index is -1.01. The van der Waals surface area contributed by atoms with Crippen LogP contribution in [0.1, 0.15) is 15.9 Å². The number of carbonyl (C=O) groups is 2. The lowest BCUT2D eigenvalue weighted by Crippen LogP contribution is -2.10. The second kappa shape index (κ2) is 6.00. The quantitative estimate of drug-likeness (QED) is 0.764. The molecule has 3 rings (SSSR count). The molecule has 0 bridgehead atoms. The Morgan fingerprint density at radius 1 is 1.08 bits per heavy atom. The molecule has 1 aromatic heterocycles. The van der Waals surface area contributed by atoms with Crippen LogP contribution in [-0.4, -0.2) is 17.0 Å². The van der Waals surface area contributed by atoms with Crippen LogP contribution in [0.25, 0.3) is 22.3 Å². The summed E-state index contributed by atoms with van der Waals surface area (Å²) in [6.45, 7) is 0. The lowest BCUT2D eigenvalue weighted by molar-refractivity contribution is -0.136. The van der Waals surface area contributed by atoms with E-state index in [0.717, 1.165) is 0 Å². The maximum atomic E-state index is 12.3. The summed E-state index contributed by atoms with van der Waals surface area (Å²) in [6.07, 6.45) is -0.246. The van der Waals surface area contributed by atoms with Gasteiger partial charge in [-0.15, -0.1) is 0 Å². The highest BCUT2D eigenvalue weighted by atomic mass is 16.4. The molecular weight excluding hydrogens is 310 g/mol. The Morgan fingerprint density at radius 2 is 1.79 bits per heavy atom. The molecule has 0 saturated heterocycles. The molecule has 1 amide bonds. The second-order valence-electron chi connectivity index (χ2n) is 5.28. The number of carbonyl (C=O) groups excluding carboxylic acids is 1. The van der Waals surface area contributed by atoms with Crippen molar-refractivity contribution in [2.24, 2.45) is 5.73 Å². The Labute approximate surface area is 136 Å². The van der Waals surface area contributed by atoms with E-state index < -0.39 is 11.9 Å². The molecule has 0 saturated carbocycles. The number of hydrogen-bond acceptors (Lipinski definition) is 4. The molecule has 0 aliphatic heterocycles. The number of rotatable bonds is 4. The Morgan fingerprint density at radius 3 is 2.42 bits per heavy atom. The SMILES string of the molecule is NC(=O)c1ccc(-c2cc(=O)c3cccc(CC(=O)O)c3o2)cc1. The summed E-state index contributed by atoms with van der Waals surface area (Å²) in [6, 6.07) is 12.5. The van der Waals surface area contributed by atoms with Crippen LogP contribution in [-0.2, 0) is 11.2 Å². The molecule has 6 nitrogen and oxygen atoms in total. The topological polar surface area (TPSA) is 111 Å². The summed E-state index contributed by atoms with van der Waals surface area (Å²) in [5.74, 6) is -1.27. The summed E-state index contributed by atoms with van der Waals surface area (Å²) < 4.78 is 5.78. The highest BCUT2D eigenvalue weighted by molar-refractivity contribution is 5.93. The molecule has 0 spiro atoms. The predicted octanol–water partition coefficient (Wildman–Crippen LogP) is 2.19. The van der Waals surface area contributed by atoms with Gasteiger partial charge in [0.15, 0.2) is 5.43 Å². The van der Waals surface area contributed by atoms with Crippen molar-refractivity contribution < 1.29 is 19.1 Å². The van der Waals surface area contributed by atoms with Gasteiger partial charge in [-0.05, 0) is 18.2 Å². The molecule has 3 N–H and O–H groups in total. The van der Waals surface area contributed by atoms with Crippen LogP contribution in [0.15, 0.2) is 57.7 Å². The average Bonchev–Trinajstić information content (AvgIpc) is 2.55. The van der Waals surface area contributed by atoms with Crippen LogP contribution in [0.4, 0.5) is 0 Å². The van der Waals surface area contributed by atoms with E-state index in [1.54, 1.807) is 30.3 Å². The molecule has 24 heavy (non-hydrogen) atoms. The lowest BCUT2D eigenvalue weighted by Gasteiger charge is -2.07. The van der Waals surface area contributed by atoms with Crippen molar-refractivity contribution in [3.05, 3.63) is 69.9 Å². The van der Waals surface area contributed by atoms with E-state index in [9.17, 15) is 14.4 Å². The van der Waals surface area contributed by atoms with Crippen LogP contribution in [0, 0.1) is 0 Å². The van der Waals surface area contributed by atoms with Crippen LogP contribution in [0.3, 0.4) is 0 Å². The number of benzene rings is 2. The third-order valence-electron chi connectivity index (χ3n) is 3.63. The first-order valence-corrected chi connectivity index (χ1v) is 7.13. The van der Waals surface area contributed by atoms with Crippen LogP contribution in [0.5, 0.6) is 0 Å². The van der Waals surface area contributed by atoms with Gasteiger partial charge < -0.3 is 15.3 Å². The molecule has 0 atom stereocenters. The molecule has 0 fully saturated rings. The lowest BCUT2D eigenvalue weighted by atomic mass is 10.1. The number of aliphatic carboxylic acids is 1. The fourth-order valence-corrected chi connectivity index (χ4v) is 2.48. The predicted molar refractivity (Wildman–Crippen MR) is 87.8 cm³/mol. The third kappa shape index (κ3) is 2.89. The van der Waals surface area contributed by atoms with Crippen molar-refractivity contribution >= 4 is 22.8 Å². The highest BCUT2D eigenvalue weighted by Crippen LogP contribution is 2.25. The van der Waals surface area contributed by atoms with E-state index in [0.29, 0.717) is 27.8 Å². The Hall–Kier alpha value is -3.41. The molecule has 1 heterocycles. The third-order valence-corrected chi connectivity index (χ3v) is 3.63. The van der Waals surface area contributed by atoms with Gasteiger partial charge in [0.2, 0.25) is 5.91 Å². The van der Waals surface area contributed by atoms with Gasteiger partial charge in [0.1, 0.15) is 11.3 Å². The van der Waals surface area contributed by atoms with Crippen molar-refractivity contribution in [1.82, 2.24) is 0 Å². The van der Waals surface area contributed by atoms with Crippen LogP contribution < -0.4 is 11.2 Å². The van der Waals surface area contributed by atoms with Gasteiger partial charge in [0.05, 0.1) is 11.8 Å². The van der Waals surface area contributed by atoms with Crippen molar-refractivity contribution in [1.29, 1.82) is 0 Å². The van der Waals surface area contributed by atoms with Crippen molar-refractivity contribution in [2.45, 2.75) is 6.42 Å². The summed E-state index contributed by atoms with van der Waals surface area (Å²) in [5, 5.41) is 9.33. The zero-order valence-corrected chi connectivity index (χ0v) is 12.5. The first-order chi connectivity index (χ1) is 11.5. The summed E-state index contributed by atoms with van der Waals surface area (Å²) >= 11 is 0. The van der Waals surface area contributed by atoms with Gasteiger partial charge in [-0.1, -0.05) is 24.3 Å². The zero-order chi connectivity index (χ0) is 17.3. The van der Waals surface area contributed by atoms with Gasteiger partial charge in [-0.2, -0.15) is 0 Å². The molecule has 6 heteroatoms. The molecular formula is C18H13NO5. The molecule has 3 aromatic rings. The van der Waals surface area contributed by atoms with Crippen molar-refractivity contribution in [3.63, 3.8) is 0 Å². The summed E-state index contributed by atoms with van der Waals surface area (Å²) in [5.41, 5.74) is 6.54. The molecule has 0 radical (unpaired) electrons. The maximum Gasteiger partial charge on any atom is 0.307 e. The van der Waals surface area contributed by atoms with Gasteiger partial charge in [0, 0.05) is 22.8 Å². The minimum Gasteiger partial charge on any atom is -0.481 e. The van der Waals surface area contributed by atoms with Crippen molar-refractivity contribution in [2.75, 3.05) is 0 Å². The van der Waals surface area contributed by atoms with Gasteiger partial charge in [0.25, 0.3) is 0 Å². The number of para-hydroxylation sites is 1. The number of fused-ring (bicyclic) bond motifs is 1. The second-order valence-corrected chi connectivity index (χ2v) is 5.28. The smallest absolute Gasteiger partial charge is 0.307 e. The molecule has 2 aromatic carbocycles. The monoisotopic (exact) mass is 323 g/mol. The number of amides is 1. The fourth-order valence-electron chi connectivity index (χ4n) is 2.48. The molecule has 0 unspecified atom stereocenters. The first kappa shape index (κ1) is 15.5. The first-order valence-electron chi connectivity index (χ1n) is 7.13. The standard InChI is InChI=1S/C18H13NO5/c19-18(23)11-6-4-10(5-7-11)15-9-14(20)13-3-1-2-12(8-16(21)22)17(13)24-15/h1-7,9H,8H2,(H2,19,23)(H,21,22). The van der Waals surface area contributed by atoms with E-state index in [4.69, 9.17) is 15.3 Å². The summed E-state index contributed by atoms with van der Waals surface area (Å²) in [7, 11) is 0. The fraction of sp³-hybridized carbons (Fsp3) is 0.0556. The van der Waals surface area contributed by atoms with E-state index in [1.165, 1.54) is 18.2 Å². The number of nitrogens with two attached hydrogens (primary N) is 1. The number of primary amides is 1. The van der Waals surface area contributed by atoms with E-state index in [1.807, 2.05) is 0 Å². The molecule has 0 aliphatic carbocycles. The summed E-state index contributed by atoms with van der Waals surface area (Å²) in [4.78, 5) is 34.4. The molecule has 120 valence electrons. The van der Waals surface area contributed by atoms with Crippen molar-refractivity contribution in [3.8, 4) is 11.3 Å². The Balaban J connectivity index is 2.17. The van der Waals surface area contributed by atoms with Gasteiger partial charge >= 0.3 is 5.97 Å².